The molecule has 1 aromatic rings. The van der Waals surface area contributed by atoms with Crippen molar-refractivity contribution < 1.29 is 19.2 Å². The molecule has 1 fully saturated rings. The van der Waals surface area contributed by atoms with Crippen molar-refractivity contribution in [3.63, 3.8) is 0 Å². The van der Waals surface area contributed by atoms with E-state index < -0.39 is 10.5 Å². The summed E-state index contributed by atoms with van der Waals surface area (Å²) in [5, 5.41) is 20.9. The van der Waals surface area contributed by atoms with Crippen LogP contribution in [-0.2, 0) is 11.3 Å². The van der Waals surface area contributed by atoms with Gasteiger partial charge in [-0.25, -0.2) is 0 Å². The lowest BCUT2D eigenvalue weighted by atomic mass is 9.94. The number of nitrogens with zero attached hydrogens (tertiary/aromatic N) is 2. The summed E-state index contributed by atoms with van der Waals surface area (Å²) < 4.78 is 10.3. The molecule has 1 aliphatic rings. The second kappa shape index (κ2) is 5.68. The van der Waals surface area contributed by atoms with Gasteiger partial charge >= 0.3 is 5.88 Å². The van der Waals surface area contributed by atoms with Gasteiger partial charge < -0.3 is 14.3 Å². The van der Waals surface area contributed by atoms with E-state index in [9.17, 15) is 15.2 Å². The first kappa shape index (κ1) is 14.0. The number of furan rings is 1. The summed E-state index contributed by atoms with van der Waals surface area (Å²) in [6.07, 6.45) is 1.21. The van der Waals surface area contributed by atoms with E-state index >= 15 is 0 Å². The highest BCUT2D eigenvalue weighted by Crippen LogP contribution is 2.23. The van der Waals surface area contributed by atoms with Gasteiger partial charge in [-0.05, 0) is 13.1 Å². The largest absolute Gasteiger partial charge is 0.433 e. The van der Waals surface area contributed by atoms with Crippen LogP contribution in [0, 0.1) is 10.1 Å². The highest BCUT2D eigenvalue weighted by Gasteiger charge is 2.31. The Balaban J connectivity index is 1.89. The Kier molecular flexibility index (Phi) is 4.18. The molecule has 0 radical (unpaired) electrons. The maximum absolute atomic E-state index is 10.5. The third-order valence-electron chi connectivity index (χ3n) is 3.24. The minimum Gasteiger partial charge on any atom is -0.404 e. The molecule has 1 saturated heterocycles. The third kappa shape index (κ3) is 3.76. The lowest BCUT2D eigenvalue weighted by Gasteiger charge is -2.35. The molecule has 0 aliphatic carbocycles. The van der Waals surface area contributed by atoms with Gasteiger partial charge in [0, 0.05) is 32.6 Å². The Morgan fingerprint density at radius 3 is 2.74 bits per heavy atom. The van der Waals surface area contributed by atoms with E-state index in [1.54, 1.807) is 6.07 Å². The highest BCUT2D eigenvalue weighted by atomic mass is 16.6. The van der Waals surface area contributed by atoms with E-state index in [2.05, 4.69) is 0 Å². The van der Waals surface area contributed by atoms with E-state index in [0.717, 1.165) is 0 Å². The fourth-order valence-corrected chi connectivity index (χ4v) is 2.28. The molecule has 2 rings (SSSR count). The zero-order valence-corrected chi connectivity index (χ0v) is 10.9. The van der Waals surface area contributed by atoms with Crippen molar-refractivity contribution in [1.29, 1.82) is 0 Å². The molecule has 0 amide bonds. The van der Waals surface area contributed by atoms with Crippen LogP contribution >= 0.6 is 0 Å². The van der Waals surface area contributed by atoms with E-state index in [4.69, 9.17) is 9.15 Å². The molecule has 1 N–H and O–H groups in total. The molecule has 0 unspecified atom stereocenters. The minimum atomic E-state index is -0.745. The molecular weight excluding hydrogens is 252 g/mol. The summed E-state index contributed by atoms with van der Waals surface area (Å²) in [6.45, 7) is 2.05. The Hall–Kier alpha value is -1.44. The number of ether oxygens (including phenoxy) is 1. The van der Waals surface area contributed by atoms with Crippen molar-refractivity contribution >= 4 is 5.88 Å². The molecule has 0 atom stereocenters. The maximum Gasteiger partial charge on any atom is 0.433 e. The zero-order chi connectivity index (χ0) is 13.9. The first-order chi connectivity index (χ1) is 8.98. The summed E-state index contributed by atoms with van der Waals surface area (Å²) in [5.74, 6) is 0.262. The Labute approximate surface area is 110 Å². The topological polar surface area (TPSA) is 89.0 Å². The third-order valence-corrected chi connectivity index (χ3v) is 3.24. The van der Waals surface area contributed by atoms with Gasteiger partial charge in [0.15, 0.2) is 0 Å². The fraction of sp³-hybridized carbons (Fsp3) is 0.667. The van der Waals surface area contributed by atoms with Gasteiger partial charge in [-0.15, -0.1) is 0 Å². The van der Waals surface area contributed by atoms with Gasteiger partial charge in [0.2, 0.25) is 0 Å². The van der Waals surface area contributed by atoms with Crippen LogP contribution in [0.3, 0.4) is 0 Å². The Morgan fingerprint density at radius 1 is 1.47 bits per heavy atom. The molecule has 7 heteroatoms. The Morgan fingerprint density at radius 2 is 2.16 bits per heavy atom. The average Bonchev–Trinajstić information content (AvgIpc) is 2.77. The smallest absolute Gasteiger partial charge is 0.404 e. The van der Waals surface area contributed by atoms with Gasteiger partial charge in [0.05, 0.1) is 18.2 Å². The van der Waals surface area contributed by atoms with Crippen molar-refractivity contribution in [2.75, 3.05) is 26.8 Å². The molecule has 7 nitrogen and oxygen atoms in total. The number of likely N-dealkylation sites (N-methyl/N-ethyl adjacent to an activating group) is 1. The summed E-state index contributed by atoms with van der Waals surface area (Å²) >= 11 is 0. The van der Waals surface area contributed by atoms with Crippen LogP contribution < -0.4 is 0 Å². The molecule has 0 bridgehead atoms. The summed E-state index contributed by atoms with van der Waals surface area (Å²) in [4.78, 5) is 11.8. The second-order valence-corrected chi connectivity index (χ2v) is 5.01. The van der Waals surface area contributed by atoms with Crippen LogP contribution in [0.15, 0.2) is 16.5 Å². The number of hydrogen-bond acceptors (Lipinski definition) is 6. The standard InChI is InChI=1S/C12H18N2O5/c1-13(9-12(15)4-6-18-7-5-12)8-10-2-3-11(19-10)14(16)17/h2-3,15H,4-9H2,1H3. The summed E-state index contributed by atoms with van der Waals surface area (Å²) in [6, 6.07) is 2.93. The normalized spacial score (nSPS) is 18.7. The van der Waals surface area contributed by atoms with Crippen LogP contribution in [0.1, 0.15) is 18.6 Å². The summed E-state index contributed by atoms with van der Waals surface area (Å²) in [5.41, 5.74) is -0.745. The van der Waals surface area contributed by atoms with Crippen molar-refractivity contribution in [3.05, 3.63) is 28.0 Å². The lowest BCUT2D eigenvalue weighted by Crippen LogP contribution is -2.45. The lowest BCUT2D eigenvalue weighted by molar-refractivity contribution is -0.402. The van der Waals surface area contributed by atoms with Gasteiger partial charge in [0.25, 0.3) is 0 Å². The fourth-order valence-electron chi connectivity index (χ4n) is 2.28. The van der Waals surface area contributed by atoms with Gasteiger partial charge in [-0.1, -0.05) is 0 Å². The maximum atomic E-state index is 10.5. The summed E-state index contributed by atoms with van der Waals surface area (Å²) in [7, 11) is 1.85. The van der Waals surface area contributed by atoms with Crippen LogP contribution in [0.5, 0.6) is 0 Å². The minimum absolute atomic E-state index is 0.256. The molecule has 0 saturated carbocycles. The number of aliphatic hydroxyl groups is 1. The van der Waals surface area contributed by atoms with E-state index in [1.165, 1.54) is 6.07 Å². The SMILES string of the molecule is CN(Cc1ccc([N+](=O)[O-])o1)CC1(O)CCOCC1. The van der Waals surface area contributed by atoms with E-state index in [0.29, 0.717) is 44.9 Å². The molecule has 106 valence electrons. The van der Waals surface area contributed by atoms with E-state index in [-0.39, 0.29) is 5.88 Å². The number of nitro groups is 1. The predicted molar refractivity (Wildman–Crippen MR) is 66.7 cm³/mol. The van der Waals surface area contributed by atoms with Crippen molar-refractivity contribution in [2.45, 2.75) is 25.0 Å². The molecular formula is C12H18N2O5. The van der Waals surface area contributed by atoms with Gasteiger partial charge in [0.1, 0.15) is 10.7 Å². The van der Waals surface area contributed by atoms with Crippen molar-refractivity contribution in [2.24, 2.45) is 0 Å². The van der Waals surface area contributed by atoms with Gasteiger partial charge in [-0.2, -0.15) is 0 Å². The van der Waals surface area contributed by atoms with Crippen LogP contribution in [-0.4, -0.2) is 47.3 Å². The first-order valence-electron chi connectivity index (χ1n) is 6.20. The molecule has 2 heterocycles. The molecule has 0 spiro atoms. The highest BCUT2D eigenvalue weighted by molar-refractivity contribution is 5.17. The molecule has 0 aromatic carbocycles. The molecule has 1 aromatic heterocycles. The van der Waals surface area contributed by atoms with Crippen LogP contribution in [0.25, 0.3) is 0 Å². The molecule has 1 aliphatic heterocycles. The van der Waals surface area contributed by atoms with Crippen LogP contribution in [0.2, 0.25) is 0 Å². The monoisotopic (exact) mass is 270 g/mol. The zero-order valence-electron chi connectivity index (χ0n) is 10.9. The van der Waals surface area contributed by atoms with Gasteiger partial charge in [-0.3, -0.25) is 15.0 Å². The Bertz CT molecular complexity index is 439. The quantitative estimate of drug-likeness (QED) is 0.638. The predicted octanol–water partition coefficient (Wildman–Crippen LogP) is 1.16. The first-order valence-corrected chi connectivity index (χ1v) is 6.20. The number of rotatable bonds is 5. The second-order valence-electron chi connectivity index (χ2n) is 5.01. The van der Waals surface area contributed by atoms with Crippen molar-refractivity contribution in [1.82, 2.24) is 4.90 Å². The average molecular weight is 270 g/mol. The molecule has 19 heavy (non-hydrogen) atoms. The van der Waals surface area contributed by atoms with Crippen molar-refractivity contribution in [3.8, 4) is 0 Å². The number of hydrogen-bond donors (Lipinski definition) is 1. The van der Waals surface area contributed by atoms with E-state index in [1.807, 2.05) is 11.9 Å². The van der Waals surface area contributed by atoms with Crippen LogP contribution in [0.4, 0.5) is 5.88 Å².